The lowest BCUT2D eigenvalue weighted by atomic mass is 10.1. The molecule has 0 bridgehead atoms. The van der Waals surface area contributed by atoms with Gasteiger partial charge in [0.1, 0.15) is 5.69 Å². The van der Waals surface area contributed by atoms with Crippen LogP contribution in [-0.4, -0.2) is 44.3 Å². The Morgan fingerprint density at radius 3 is 2.58 bits per heavy atom. The number of nitrogens with one attached hydrogen (secondary N) is 2. The molecule has 0 heterocycles. The van der Waals surface area contributed by atoms with Crippen LogP contribution in [0.25, 0.3) is 10.8 Å². The second kappa shape index (κ2) is 11.1. The van der Waals surface area contributed by atoms with Crippen molar-refractivity contribution in [1.29, 1.82) is 0 Å². The van der Waals surface area contributed by atoms with Crippen molar-refractivity contribution in [1.82, 2.24) is 0 Å². The van der Waals surface area contributed by atoms with Crippen LogP contribution >= 0.6 is 0 Å². The zero-order valence-electron chi connectivity index (χ0n) is 17.3. The van der Waals surface area contributed by atoms with Crippen LogP contribution in [0.2, 0.25) is 0 Å². The first kappa shape index (κ1) is 22.2. The molecule has 0 saturated carbocycles. The summed E-state index contributed by atoms with van der Waals surface area (Å²) in [5.74, 6) is -0.406. The standard InChI is InChI=1S/C23H25N3O5/c1-30-13-14-31-12-4-11-24-21-10-8-19(16-22(21)26(28)29)23(27)25-20-9-7-17-5-2-3-6-18(17)15-20/h2-3,5-10,15-16,24H,4,11-14H2,1H3,(H,25,27). The van der Waals surface area contributed by atoms with Crippen molar-refractivity contribution in [2.24, 2.45) is 0 Å². The summed E-state index contributed by atoms with van der Waals surface area (Å²) >= 11 is 0. The zero-order chi connectivity index (χ0) is 22.1. The van der Waals surface area contributed by atoms with E-state index >= 15 is 0 Å². The van der Waals surface area contributed by atoms with E-state index in [4.69, 9.17) is 9.47 Å². The average molecular weight is 423 g/mol. The molecule has 3 aromatic rings. The maximum Gasteiger partial charge on any atom is 0.293 e. The van der Waals surface area contributed by atoms with Gasteiger partial charge in [-0.3, -0.25) is 14.9 Å². The van der Waals surface area contributed by atoms with Crippen molar-refractivity contribution < 1.29 is 19.2 Å². The number of hydrogen-bond acceptors (Lipinski definition) is 6. The number of nitrogens with zero attached hydrogens (tertiary/aromatic N) is 1. The number of rotatable bonds is 11. The largest absolute Gasteiger partial charge is 0.382 e. The first-order valence-corrected chi connectivity index (χ1v) is 9.97. The Labute approximate surface area is 180 Å². The molecular formula is C23H25N3O5. The SMILES string of the molecule is COCCOCCCNc1ccc(C(=O)Nc2ccc3ccccc3c2)cc1[N+](=O)[O-]. The summed E-state index contributed by atoms with van der Waals surface area (Å²) in [7, 11) is 1.61. The molecule has 1 amide bonds. The van der Waals surface area contributed by atoms with E-state index in [1.165, 1.54) is 6.07 Å². The predicted molar refractivity (Wildman–Crippen MR) is 121 cm³/mol. The van der Waals surface area contributed by atoms with E-state index < -0.39 is 10.8 Å². The van der Waals surface area contributed by atoms with Gasteiger partial charge in [0.25, 0.3) is 11.6 Å². The maximum absolute atomic E-state index is 12.6. The van der Waals surface area contributed by atoms with Gasteiger partial charge >= 0.3 is 0 Å². The fraction of sp³-hybridized carbons (Fsp3) is 0.261. The highest BCUT2D eigenvalue weighted by Gasteiger charge is 2.17. The molecule has 8 heteroatoms. The molecule has 8 nitrogen and oxygen atoms in total. The van der Waals surface area contributed by atoms with Crippen molar-refractivity contribution in [3.8, 4) is 0 Å². The van der Waals surface area contributed by atoms with Crippen LogP contribution in [0.3, 0.4) is 0 Å². The summed E-state index contributed by atoms with van der Waals surface area (Å²) in [5.41, 5.74) is 1.06. The van der Waals surface area contributed by atoms with E-state index in [0.29, 0.717) is 44.2 Å². The van der Waals surface area contributed by atoms with E-state index in [1.807, 2.05) is 36.4 Å². The normalized spacial score (nSPS) is 10.7. The van der Waals surface area contributed by atoms with Crippen LogP contribution in [0, 0.1) is 10.1 Å². The molecule has 0 aliphatic carbocycles. The van der Waals surface area contributed by atoms with Gasteiger partial charge in [0.05, 0.1) is 18.1 Å². The second-order valence-corrected chi connectivity index (χ2v) is 6.89. The molecule has 0 saturated heterocycles. The minimum absolute atomic E-state index is 0.147. The number of carbonyl (C=O) groups is 1. The van der Waals surface area contributed by atoms with Gasteiger partial charge < -0.3 is 20.1 Å². The minimum Gasteiger partial charge on any atom is -0.382 e. The molecule has 0 aliphatic rings. The zero-order valence-corrected chi connectivity index (χ0v) is 17.3. The van der Waals surface area contributed by atoms with Crippen LogP contribution in [0.4, 0.5) is 17.1 Å². The van der Waals surface area contributed by atoms with Crippen molar-refractivity contribution in [3.05, 3.63) is 76.3 Å². The molecule has 0 aromatic heterocycles. The summed E-state index contributed by atoms with van der Waals surface area (Å²) in [6.45, 7) is 2.08. The number of benzene rings is 3. The van der Waals surface area contributed by atoms with Crippen LogP contribution in [0.15, 0.2) is 60.7 Å². The van der Waals surface area contributed by atoms with Crippen molar-refractivity contribution in [2.75, 3.05) is 44.1 Å². The van der Waals surface area contributed by atoms with Crippen molar-refractivity contribution in [2.45, 2.75) is 6.42 Å². The molecule has 3 aromatic carbocycles. The number of methoxy groups -OCH3 is 1. The topological polar surface area (TPSA) is 103 Å². The van der Waals surface area contributed by atoms with Gasteiger partial charge in [0.2, 0.25) is 0 Å². The van der Waals surface area contributed by atoms with Gasteiger partial charge in [0.15, 0.2) is 0 Å². The summed E-state index contributed by atoms with van der Waals surface area (Å²) < 4.78 is 10.3. The summed E-state index contributed by atoms with van der Waals surface area (Å²) in [6, 6.07) is 17.8. The highest BCUT2D eigenvalue weighted by Crippen LogP contribution is 2.26. The second-order valence-electron chi connectivity index (χ2n) is 6.89. The summed E-state index contributed by atoms with van der Waals surface area (Å²) in [4.78, 5) is 23.6. The molecule has 0 fully saturated rings. The Bertz CT molecular complexity index is 1050. The van der Waals surface area contributed by atoms with Gasteiger partial charge in [-0.25, -0.2) is 0 Å². The number of nitro benzene ring substituents is 1. The van der Waals surface area contributed by atoms with E-state index in [1.54, 1.807) is 25.3 Å². The average Bonchev–Trinajstić information content (AvgIpc) is 2.78. The van der Waals surface area contributed by atoms with E-state index in [2.05, 4.69) is 10.6 Å². The quantitative estimate of drug-likeness (QED) is 0.268. The molecule has 162 valence electrons. The molecule has 2 N–H and O–H groups in total. The van der Waals surface area contributed by atoms with Gasteiger partial charge in [-0.2, -0.15) is 0 Å². The fourth-order valence-electron chi connectivity index (χ4n) is 3.09. The third kappa shape index (κ3) is 6.24. The lowest BCUT2D eigenvalue weighted by Crippen LogP contribution is -2.13. The Balaban J connectivity index is 1.63. The van der Waals surface area contributed by atoms with Crippen LogP contribution in [-0.2, 0) is 9.47 Å². The number of nitro groups is 1. The highest BCUT2D eigenvalue weighted by atomic mass is 16.6. The van der Waals surface area contributed by atoms with Gasteiger partial charge in [-0.05, 0) is 41.5 Å². The van der Waals surface area contributed by atoms with Crippen LogP contribution < -0.4 is 10.6 Å². The Hall–Kier alpha value is -3.49. The van der Waals surface area contributed by atoms with E-state index in [9.17, 15) is 14.9 Å². The Kier molecular flexibility index (Phi) is 7.91. The van der Waals surface area contributed by atoms with E-state index in [0.717, 1.165) is 10.8 Å². The van der Waals surface area contributed by atoms with Gasteiger partial charge in [-0.1, -0.05) is 30.3 Å². The number of ether oxygens (including phenoxy) is 2. The lowest BCUT2D eigenvalue weighted by Gasteiger charge is -2.10. The summed E-state index contributed by atoms with van der Waals surface area (Å²) in [5, 5.41) is 19.4. The number of amides is 1. The van der Waals surface area contributed by atoms with Gasteiger partial charge in [0, 0.05) is 37.6 Å². The monoisotopic (exact) mass is 423 g/mol. The summed E-state index contributed by atoms with van der Waals surface area (Å²) in [6.07, 6.45) is 0.686. The van der Waals surface area contributed by atoms with E-state index in [-0.39, 0.29) is 11.3 Å². The number of hydrogen-bond donors (Lipinski definition) is 2. The van der Waals surface area contributed by atoms with Crippen molar-refractivity contribution >= 4 is 33.7 Å². The molecule has 0 atom stereocenters. The minimum atomic E-state index is -0.496. The van der Waals surface area contributed by atoms with Gasteiger partial charge in [-0.15, -0.1) is 0 Å². The molecule has 0 unspecified atom stereocenters. The third-order valence-corrected chi connectivity index (χ3v) is 4.68. The lowest BCUT2D eigenvalue weighted by molar-refractivity contribution is -0.384. The first-order valence-electron chi connectivity index (χ1n) is 9.97. The smallest absolute Gasteiger partial charge is 0.293 e. The molecule has 0 aliphatic heterocycles. The van der Waals surface area contributed by atoms with Crippen molar-refractivity contribution in [3.63, 3.8) is 0 Å². The molecular weight excluding hydrogens is 398 g/mol. The third-order valence-electron chi connectivity index (χ3n) is 4.68. The number of anilines is 2. The fourth-order valence-corrected chi connectivity index (χ4v) is 3.09. The van der Waals surface area contributed by atoms with Crippen LogP contribution in [0.5, 0.6) is 0 Å². The molecule has 0 radical (unpaired) electrons. The Morgan fingerprint density at radius 1 is 1.00 bits per heavy atom. The predicted octanol–water partition coefficient (Wildman–Crippen LogP) is 4.47. The maximum atomic E-state index is 12.6. The molecule has 31 heavy (non-hydrogen) atoms. The number of fused-ring (bicyclic) bond motifs is 1. The highest BCUT2D eigenvalue weighted by molar-refractivity contribution is 6.06. The molecule has 3 rings (SSSR count). The van der Waals surface area contributed by atoms with Crippen LogP contribution in [0.1, 0.15) is 16.8 Å². The number of carbonyl (C=O) groups excluding carboxylic acids is 1. The first-order chi connectivity index (χ1) is 15.1. The Morgan fingerprint density at radius 2 is 1.81 bits per heavy atom. The molecule has 0 spiro atoms.